The van der Waals surface area contributed by atoms with Crippen LogP contribution in [0.1, 0.15) is 13.8 Å². The van der Waals surface area contributed by atoms with E-state index >= 15 is 0 Å². The molecule has 1 rings (SSSR count). The van der Waals surface area contributed by atoms with Crippen LogP contribution in [0.5, 0.6) is 0 Å². The molecule has 0 aliphatic rings. The third-order valence-corrected chi connectivity index (χ3v) is 2.00. The van der Waals surface area contributed by atoms with Crippen LogP contribution >= 0.6 is 11.6 Å². The van der Waals surface area contributed by atoms with Crippen LogP contribution in [0.3, 0.4) is 0 Å². The van der Waals surface area contributed by atoms with Gasteiger partial charge in [-0.15, -0.1) is 0 Å². The molecule has 0 aromatic carbocycles. The van der Waals surface area contributed by atoms with E-state index in [4.69, 9.17) is 16.4 Å². The summed E-state index contributed by atoms with van der Waals surface area (Å²) >= 11 is 5.76. The van der Waals surface area contributed by atoms with Crippen molar-refractivity contribution in [1.82, 2.24) is 15.0 Å². The normalized spacial score (nSPS) is 10.1. The van der Waals surface area contributed by atoms with Crippen molar-refractivity contribution in [3.63, 3.8) is 0 Å². The Kier molecular flexibility index (Phi) is 4.51. The van der Waals surface area contributed by atoms with Crippen LogP contribution in [0.15, 0.2) is 0 Å². The highest BCUT2D eigenvalue weighted by molar-refractivity contribution is 6.28. The molecule has 0 aliphatic heterocycles. The minimum absolute atomic E-state index is 0.145. The van der Waals surface area contributed by atoms with E-state index in [1.54, 1.807) is 0 Å². The molecule has 0 saturated heterocycles. The van der Waals surface area contributed by atoms with Crippen LogP contribution in [0.2, 0.25) is 5.28 Å². The van der Waals surface area contributed by atoms with Crippen LogP contribution in [0, 0.1) is 0 Å². The molecule has 0 unspecified atom stereocenters. The monoisotopic (exact) mass is 231 g/mol. The molecule has 0 bridgehead atoms. The van der Waals surface area contributed by atoms with Gasteiger partial charge in [-0.05, 0) is 25.4 Å². The fraction of sp³-hybridized carbons (Fsp3) is 0.625. The Morgan fingerprint density at radius 2 is 1.93 bits per heavy atom. The van der Waals surface area contributed by atoms with E-state index in [2.05, 4.69) is 20.4 Å². The summed E-state index contributed by atoms with van der Waals surface area (Å²) in [6.07, 6.45) is 0. The Morgan fingerprint density at radius 3 is 2.47 bits per heavy atom. The predicted molar refractivity (Wildman–Crippen MR) is 59.0 cm³/mol. The first-order valence-electron chi connectivity index (χ1n) is 4.66. The van der Waals surface area contributed by atoms with Crippen LogP contribution in [0.25, 0.3) is 0 Å². The van der Waals surface area contributed by atoms with Gasteiger partial charge in [-0.1, -0.05) is 0 Å². The summed E-state index contributed by atoms with van der Waals surface area (Å²) < 4.78 is 0. The highest BCUT2D eigenvalue weighted by Gasteiger charge is 2.09. The van der Waals surface area contributed by atoms with E-state index < -0.39 is 0 Å². The van der Waals surface area contributed by atoms with Gasteiger partial charge in [0.15, 0.2) is 0 Å². The average Bonchev–Trinajstić information content (AvgIpc) is 2.19. The zero-order valence-corrected chi connectivity index (χ0v) is 9.75. The highest BCUT2D eigenvalue weighted by atomic mass is 35.5. The van der Waals surface area contributed by atoms with E-state index in [9.17, 15) is 0 Å². The molecule has 0 saturated carbocycles. The van der Waals surface area contributed by atoms with Gasteiger partial charge in [-0.25, -0.2) is 5.48 Å². The van der Waals surface area contributed by atoms with Gasteiger partial charge in [0.25, 0.3) is 5.95 Å². The Hall–Kier alpha value is -1.14. The molecule has 15 heavy (non-hydrogen) atoms. The molecule has 0 fully saturated rings. The molecular formula is C8H14ClN5O. The topological polar surface area (TPSA) is 63.2 Å². The maximum atomic E-state index is 5.76. The lowest BCUT2D eigenvalue weighted by molar-refractivity contribution is 0.267. The number of nitrogens with one attached hydrogen (secondary N) is 1. The van der Waals surface area contributed by atoms with Crippen LogP contribution in [-0.4, -0.2) is 35.2 Å². The average molecular weight is 232 g/mol. The largest absolute Gasteiger partial charge is 0.341 e. The van der Waals surface area contributed by atoms with Crippen LogP contribution in [0.4, 0.5) is 11.9 Å². The molecule has 1 aromatic rings. The van der Waals surface area contributed by atoms with Gasteiger partial charge in [0.1, 0.15) is 0 Å². The van der Waals surface area contributed by atoms with Crippen molar-refractivity contribution in [3.05, 3.63) is 5.28 Å². The summed E-state index contributed by atoms with van der Waals surface area (Å²) in [5.74, 6) is 0.846. The second kappa shape index (κ2) is 5.67. The third kappa shape index (κ3) is 3.17. The molecule has 0 radical (unpaired) electrons. The number of hydrogen-bond acceptors (Lipinski definition) is 6. The fourth-order valence-electron chi connectivity index (χ4n) is 1.12. The standard InChI is InChI=1S/C8H14ClN5O/c1-4-14(5-2)8-11-6(9)10-7(12-8)13-15-3/h4-5H2,1-3H3,(H,10,11,12,13). The predicted octanol–water partition coefficient (Wildman–Crippen LogP) is 1.34. The molecule has 0 spiro atoms. The van der Waals surface area contributed by atoms with Crippen molar-refractivity contribution < 1.29 is 4.84 Å². The van der Waals surface area contributed by atoms with E-state index in [1.807, 2.05) is 18.7 Å². The molecule has 0 atom stereocenters. The zero-order chi connectivity index (χ0) is 11.3. The minimum atomic E-state index is 0.145. The van der Waals surface area contributed by atoms with E-state index in [1.165, 1.54) is 7.11 Å². The van der Waals surface area contributed by atoms with Crippen LogP contribution in [-0.2, 0) is 4.84 Å². The Bertz CT molecular complexity index is 318. The van der Waals surface area contributed by atoms with Gasteiger partial charge in [-0.2, -0.15) is 15.0 Å². The van der Waals surface area contributed by atoms with Gasteiger partial charge in [-0.3, -0.25) is 4.84 Å². The van der Waals surface area contributed by atoms with Crippen molar-refractivity contribution in [2.24, 2.45) is 0 Å². The summed E-state index contributed by atoms with van der Waals surface area (Å²) in [5, 5.41) is 0.145. The summed E-state index contributed by atoms with van der Waals surface area (Å²) in [6, 6.07) is 0. The number of hydrogen-bond donors (Lipinski definition) is 1. The van der Waals surface area contributed by atoms with Gasteiger partial charge in [0.05, 0.1) is 7.11 Å². The third-order valence-electron chi connectivity index (χ3n) is 1.84. The number of nitrogens with zero attached hydrogens (tertiary/aromatic N) is 4. The SMILES string of the molecule is CCN(CC)c1nc(Cl)nc(NOC)n1. The quantitative estimate of drug-likeness (QED) is 0.772. The number of aromatic nitrogens is 3. The Labute approximate surface area is 93.6 Å². The van der Waals surface area contributed by atoms with E-state index in [0.717, 1.165) is 13.1 Å². The molecular weight excluding hydrogens is 218 g/mol. The summed E-state index contributed by atoms with van der Waals surface area (Å²) in [7, 11) is 1.48. The smallest absolute Gasteiger partial charge is 0.253 e. The first-order chi connectivity index (χ1) is 7.21. The maximum Gasteiger partial charge on any atom is 0.253 e. The number of anilines is 2. The summed E-state index contributed by atoms with van der Waals surface area (Å²) in [4.78, 5) is 18.7. The zero-order valence-electron chi connectivity index (χ0n) is 8.99. The molecule has 7 heteroatoms. The van der Waals surface area contributed by atoms with E-state index in [0.29, 0.717) is 11.9 Å². The van der Waals surface area contributed by atoms with Gasteiger partial charge >= 0.3 is 0 Å². The summed E-state index contributed by atoms with van der Waals surface area (Å²) in [5.41, 5.74) is 2.52. The minimum Gasteiger partial charge on any atom is -0.341 e. The van der Waals surface area contributed by atoms with Crippen molar-refractivity contribution in [2.75, 3.05) is 30.6 Å². The second-order valence-electron chi connectivity index (χ2n) is 2.71. The molecule has 1 N–H and O–H groups in total. The van der Waals surface area contributed by atoms with E-state index in [-0.39, 0.29) is 5.28 Å². The molecule has 6 nitrogen and oxygen atoms in total. The lowest BCUT2D eigenvalue weighted by atomic mass is 10.5. The lowest BCUT2D eigenvalue weighted by Crippen LogP contribution is -2.25. The van der Waals surface area contributed by atoms with Gasteiger partial charge < -0.3 is 4.90 Å². The first-order valence-corrected chi connectivity index (χ1v) is 5.04. The van der Waals surface area contributed by atoms with Crippen molar-refractivity contribution in [1.29, 1.82) is 0 Å². The summed E-state index contributed by atoms with van der Waals surface area (Å²) in [6.45, 7) is 5.65. The van der Waals surface area contributed by atoms with Gasteiger partial charge in [0, 0.05) is 13.1 Å². The fourth-order valence-corrected chi connectivity index (χ4v) is 1.28. The first kappa shape index (κ1) is 11.9. The molecule has 1 aromatic heterocycles. The molecule has 84 valence electrons. The van der Waals surface area contributed by atoms with Crippen molar-refractivity contribution >= 4 is 23.5 Å². The van der Waals surface area contributed by atoms with Crippen molar-refractivity contribution in [3.8, 4) is 0 Å². The maximum absolute atomic E-state index is 5.76. The second-order valence-corrected chi connectivity index (χ2v) is 3.04. The molecule has 0 aliphatic carbocycles. The molecule has 1 heterocycles. The number of halogens is 1. The Balaban J connectivity index is 2.96. The highest BCUT2D eigenvalue weighted by Crippen LogP contribution is 2.13. The van der Waals surface area contributed by atoms with Crippen molar-refractivity contribution in [2.45, 2.75) is 13.8 Å². The number of rotatable bonds is 5. The van der Waals surface area contributed by atoms with Gasteiger partial charge in [0.2, 0.25) is 11.2 Å². The molecule has 0 amide bonds. The Morgan fingerprint density at radius 1 is 1.27 bits per heavy atom. The lowest BCUT2D eigenvalue weighted by Gasteiger charge is -2.18. The van der Waals surface area contributed by atoms with Crippen LogP contribution < -0.4 is 10.4 Å².